The molecular weight excluding hydrogens is 556 g/mol. The van der Waals surface area contributed by atoms with E-state index in [0.717, 1.165) is 11.1 Å². The summed E-state index contributed by atoms with van der Waals surface area (Å²) in [6.45, 7) is 9.01. The van der Waals surface area contributed by atoms with E-state index < -0.39 is 0 Å². The molecule has 0 spiro atoms. The third-order valence-corrected chi connectivity index (χ3v) is 6.38. The molecule has 0 bridgehead atoms. The molecule has 0 heterocycles. The lowest BCUT2D eigenvalue weighted by atomic mass is 10.1. The van der Waals surface area contributed by atoms with Gasteiger partial charge in [0.2, 0.25) is 0 Å². The highest BCUT2D eigenvalue weighted by Gasteiger charge is 2.15. The number of hydrogen-bond acceptors (Lipinski definition) is 6. The number of carbonyl (C=O) groups is 2. The average Bonchev–Trinajstić information content (AvgIpc) is 3.07. The van der Waals surface area contributed by atoms with Crippen LogP contribution in [0.2, 0.25) is 0 Å². The SMILES string of the molecule is C=CCOc1ccccc1COc1ccccc1C(=O)NCCNC(=O)c1ccccc1OCc1ccccc1OCC=C. The summed E-state index contributed by atoms with van der Waals surface area (Å²) in [5.74, 6) is 1.64. The second-order valence-corrected chi connectivity index (χ2v) is 9.50. The maximum Gasteiger partial charge on any atom is 0.255 e. The van der Waals surface area contributed by atoms with E-state index in [2.05, 4.69) is 23.8 Å². The van der Waals surface area contributed by atoms with E-state index in [-0.39, 0.29) is 38.1 Å². The Morgan fingerprint density at radius 2 is 0.886 bits per heavy atom. The van der Waals surface area contributed by atoms with E-state index in [9.17, 15) is 9.59 Å². The van der Waals surface area contributed by atoms with Gasteiger partial charge in [-0.2, -0.15) is 0 Å². The van der Waals surface area contributed by atoms with Gasteiger partial charge in [0.1, 0.15) is 49.4 Å². The van der Waals surface area contributed by atoms with Crippen molar-refractivity contribution in [2.45, 2.75) is 13.2 Å². The molecule has 0 saturated carbocycles. The van der Waals surface area contributed by atoms with Crippen molar-refractivity contribution in [3.63, 3.8) is 0 Å². The van der Waals surface area contributed by atoms with E-state index in [1.165, 1.54) is 0 Å². The predicted octanol–water partition coefficient (Wildman–Crippen LogP) is 6.13. The predicted molar refractivity (Wildman–Crippen MR) is 170 cm³/mol. The van der Waals surface area contributed by atoms with Crippen LogP contribution < -0.4 is 29.6 Å². The third kappa shape index (κ3) is 9.00. The van der Waals surface area contributed by atoms with Crippen molar-refractivity contribution in [1.82, 2.24) is 10.6 Å². The topological polar surface area (TPSA) is 95.1 Å². The highest BCUT2D eigenvalue weighted by molar-refractivity contribution is 5.98. The smallest absolute Gasteiger partial charge is 0.255 e. The Balaban J connectivity index is 1.29. The molecule has 4 rings (SSSR count). The molecule has 226 valence electrons. The zero-order valence-corrected chi connectivity index (χ0v) is 24.5. The van der Waals surface area contributed by atoms with Crippen LogP contribution in [0.15, 0.2) is 122 Å². The maximum absolute atomic E-state index is 13.0. The Bertz CT molecular complexity index is 1450. The second kappa shape index (κ2) is 16.8. The molecule has 8 heteroatoms. The summed E-state index contributed by atoms with van der Waals surface area (Å²) >= 11 is 0. The number of hydrogen-bond donors (Lipinski definition) is 2. The standard InChI is InChI=1S/C36H36N2O6/c1-3-23-41-31-17-9-5-13-27(31)25-43-33-19-11-7-15-29(33)35(39)37-21-22-38-36(40)30-16-8-12-20-34(30)44-26-28-14-6-10-18-32(28)42-24-4-2/h3-20H,1-2,21-26H2,(H,37,39)(H,38,40). The molecule has 0 atom stereocenters. The van der Waals surface area contributed by atoms with E-state index in [1.807, 2.05) is 48.5 Å². The Labute approximate surface area is 257 Å². The van der Waals surface area contributed by atoms with E-state index in [1.54, 1.807) is 60.7 Å². The Morgan fingerprint density at radius 3 is 1.30 bits per heavy atom. The number of nitrogens with one attached hydrogen (secondary N) is 2. The summed E-state index contributed by atoms with van der Waals surface area (Å²) < 4.78 is 23.4. The zero-order chi connectivity index (χ0) is 31.0. The molecule has 0 unspecified atom stereocenters. The van der Waals surface area contributed by atoms with Crippen molar-refractivity contribution in [2.24, 2.45) is 0 Å². The average molecular weight is 593 g/mol. The molecule has 0 aliphatic rings. The minimum absolute atomic E-state index is 0.216. The van der Waals surface area contributed by atoms with Gasteiger partial charge in [-0.3, -0.25) is 9.59 Å². The monoisotopic (exact) mass is 592 g/mol. The largest absolute Gasteiger partial charge is 0.489 e. The summed E-state index contributed by atoms with van der Waals surface area (Å²) in [5, 5.41) is 5.69. The quantitative estimate of drug-likeness (QED) is 0.113. The first-order valence-electron chi connectivity index (χ1n) is 14.2. The van der Waals surface area contributed by atoms with Crippen molar-refractivity contribution in [3.8, 4) is 23.0 Å². The van der Waals surface area contributed by atoms with Gasteiger partial charge in [-0.25, -0.2) is 0 Å². The first-order valence-corrected chi connectivity index (χ1v) is 14.2. The molecule has 2 N–H and O–H groups in total. The van der Waals surface area contributed by atoms with Gasteiger partial charge in [0.15, 0.2) is 0 Å². The van der Waals surface area contributed by atoms with Gasteiger partial charge in [0.05, 0.1) is 11.1 Å². The lowest BCUT2D eigenvalue weighted by molar-refractivity contribution is 0.0922. The highest BCUT2D eigenvalue weighted by Crippen LogP contribution is 2.25. The molecule has 4 aromatic rings. The molecule has 0 aliphatic heterocycles. The first-order chi connectivity index (χ1) is 21.6. The lowest BCUT2D eigenvalue weighted by Gasteiger charge is -2.15. The van der Waals surface area contributed by atoms with Crippen LogP contribution in [0.3, 0.4) is 0 Å². The molecule has 0 fully saturated rings. The fraction of sp³-hybridized carbons (Fsp3) is 0.167. The normalized spacial score (nSPS) is 10.3. The van der Waals surface area contributed by atoms with E-state index >= 15 is 0 Å². The number of ether oxygens (including phenoxy) is 4. The van der Waals surface area contributed by atoms with Crippen LogP contribution in [0.4, 0.5) is 0 Å². The summed E-state index contributed by atoms with van der Waals surface area (Å²) in [7, 11) is 0. The van der Waals surface area contributed by atoms with Crippen molar-refractivity contribution in [3.05, 3.63) is 145 Å². The number of amides is 2. The Kier molecular flexibility index (Phi) is 12.0. The van der Waals surface area contributed by atoms with Crippen LogP contribution in [0.5, 0.6) is 23.0 Å². The van der Waals surface area contributed by atoms with Crippen molar-refractivity contribution < 1.29 is 28.5 Å². The molecule has 44 heavy (non-hydrogen) atoms. The summed E-state index contributed by atoms with van der Waals surface area (Å²) in [6, 6.07) is 29.1. The minimum Gasteiger partial charge on any atom is -0.489 e. The fourth-order valence-corrected chi connectivity index (χ4v) is 4.24. The van der Waals surface area contributed by atoms with Crippen LogP contribution in [-0.2, 0) is 13.2 Å². The minimum atomic E-state index is -0.313. The summed E-state index contributed by atoms with van der Waals surface area (Å²) in [6.07, 6.45) is 3.35. The number of rotatable bonds is 17. The molecular formula is C36H36N2O6. The van der Waals surface area contributed by atoms with Gasteiger partial charge in [0.25, 0.3) is 11.8 Å². The highest BCUT2D eigenvalue weighted by atomic mass is 16.5. The van der Waals surface area contributed by atoms with Crippen molar-refractivity contribution in [1.29, 1.82) is 0 Å². The Morgan fingerprint density at radius 1 is 0.523 bits per heavy atom. The summed E-state index contributed by atoms with van der Waals surface area (Å²) in [5.41, 5.74) is 2.47. The summed E-state index contributed by atoms with van der Waals surface area (Å²) in [4.78, 5) is 26.0. The van der Waals surface area contributed by atoms with E-state index in [4.69, 9.17) is 18.9 Å². The van der Waals surface area contributed by atoms with Gasteiger partial charge in [-0.05, 0) is 36.4 Å². The van der Waals surface area contributed by atoms with Crippen LogP contribution in [0, 0.1) is 0 Å². The van der Waals surface area contributed by atoms with Crippen molar-refractivity contribution in [2.75, 3.05) is 26.3 Å². The lowest BCUT2D eigenvalue weighted by Crippen LogP contribution is -2.35. The van der Waals surface area contributed by atoms with Crippen molar-refractivity contribution >= 4 is 11.8 Å². The molecule has 8 nitrogen and oxygen atoms in total. The second-order valence-electron chi connectivity index (χ2n) is 9.50. The molecule has 0 saturated heterocycles. The molecule has 0 aromatic heterocycles. The van der Waals surface area contributed by atoms with Crippen LogP contribution >= 0.6 is 0 Å². The molecule has 4 aromatic carbocycles. The van der Waals surface area contributed by atoms with E-state index in [0.29, 0.717) is 47.3 Å². The van der Waals surface area contributed by atoms with Gasteiger partial charge >= 0.3 is 0 Å². The maximum atomic E-state index is 13.0. The third-order valence-electron chi connectivity index (χ3n) is 6.38. The molecule has 0 radical (unpaired) electrons. The molecule has 0 aliphatic carbocycles. The van der Waals surface area contributed by atoms with Gasteiger partial charge < -0.3 is 29.6 Å². The van der Waals surface area contributed by atoms with Gasteiger partial charge in [0, 0.05) is 24.2 Å². The molecule has 2 amide bonds. The van der Waals surface area contributed by atoms with Crippen LogP contribution in [0.1, 0.15) is 31.8 Å². The zero-order valence-electron chi connectivity index (χ0n) is 24.5. The van der Waals surface area contributed by atoms with Crippen LogP contribution in [-0.4, -0.2) is 38.1 Å². The number of carbonyl (C=O) groups excluding carboxylic acids is 2. The fourth-order valence-electron chi connectivity index (χ4n) is 4.24. The van der Waals surface area contributed by atoms with Gasteiger partial charge in [-0.15, -0.1) is 0 Å². The number of para-hydroxylation sites is 4. The first kappa shape index (κ1) is 31.4. The number of benzene rings is 4. The Hall–Kier alpha value is -5.50. The van der Waals surface area contributed by atoms with Crippen LogP contribution in [0.25, 0.3) is 0 Å². The van der Waals surface area contributed by atoms with Gasteiger partial charge in [-0.1, -0.05) is 86.0 Å².